The molecule has 1 unspecified atom stereocenters. The molecule has 1 aliphatic rings. The number of rotatable bonds is 8. The molecule has 0 saturated heterocycles. The van der Waals surface area contributed by atoms with Crippen molar-refractivity contribution in [2.45, 2.75) is 38.1 Å². The van der Waals surface area contributed by atoms with Crippen LogP contribution in [0.25, 0.3) is 0 Å². The van der Waals surface area contributed by atoms with Gasteiger partial charge in [-0.3, -0.25) is 4.79 Å². The quantitative estimate of drug-likeness (QED) is 0.638. The number of nitrogens with one attached hydrogen (secondary N) is 1. The summed E-state index contributed by atoms with van der Waals surface area (Å²) in [6.45, 7) is 4.56. The van der Waals surface area contributed by atoms with Crippen LogP contribution in [-0.4, -0.2) is 37.5 Å². The van der Waals surface area contributed by atoms with Gasteiger partial charge < -0.3 is 10.2 Å². The van der Waals surface area contributed by atoms with Gasteiger partial charge in [-0.2, -0.15) is 0 Å². The van der Waals surface area contributed by atoms with Crippen molar-refractivity contribution in [3.8, 4) is 0 Å². The lowest BCUT2D eigenvalue weighted by Gasteiger charge is -2.18. The van der Waals surface area contributed by atoms with Crippen LogP contribution in [0.5, 0.6) is 0 Å². The minimum Gasteiger partial charge on any atom is -0.349 e. The molecule has 1 rings (SSSR count). The molecule has 0 spiro atoms. The van der Waals surface area contributed by atoms with Gasteiger partial charge >= 0.3 is 0 Å². The van der Waals surface area contributed by atoms with Gasteiger partial charge in [0.2, 0.25) is 5.91 Å². The Morgan fingerprint density at radius 2 is 2.25 bits per heavy atom. The van der Waals surface area contributed by atoms with E-state index in [0.29, 0.717) is 12.5 Å². The average Bonchev–Trinajstić information content (AvgIpc) is 3.06. The Morgan fingerprint density at radius 3 is 2.75 bits per heavy atom. The summed E-state index contributed by atoms with van der Waals surface area (Å²) in [6, 6.07) is 0.591. The van der Waals surface area contributed by atoms with E-state index in [1.165, 1.54) is 12.8 Å². The zero-order valence-electron chi connectivity index (χ0n) is 10.5. The highest BCUT2D eigenvalue weighted by molar-refractivity contribution is 5.75. The molecule has 3 heteroatoms. The molecule has 0 heterocycles. The van der Waals surface area contributed by atoms with Gasteiger partial charge in [0, 0.05) is 33.1 Å². The number of amides is 1. The van der Waals surface area contributed by atoms with Crippen LogP contribution >= 0.6 is 0 Å². The van der Waals surface area contributed by atoms with Crippen LogP contribution in [0.15, 0.2) is 12.7 Å². The van der Waals surface area contributed by atoms with Crippen LogP contribution in [0.1, 0.15) is 32.1 Å². The fraction of sp³-hybridized carbons (Fsp3) is 0.769. The lowest BCUT2D eigenvalue weighted by Crippen LogP contribution is -2.34. The monoisotopic (exact) mass is 224 g/mol. The second-order valence-corrected chi connectivity index (χ2v) is 4.80. The standard InChI is InChI=1S/C13H24N2O/c1-4-5-6-12(11-7-8-11)14-10-9-13(16)15(2)3/h4,11-12,14H,1,5-10H2,2-3H3. The summed E-state index contributed by atoms with van der Waals surface area (Å²) in [5.74, 6) is 1.04. The summed E-state index contributed by atoms with van der Waals surface area (Å²) in [7, 11) is 3.61. The zero-order chi connectivity index (χ0) is 12.0. The second kappa shape index (κ2) is 6.69. The van der Waals surface area contributed by atoms with Crippen molar-refractivity contribution in [2.75, 3.05) is 20.6 Å². The first-order valence-corrected chi connectivity index (χ1v) is 6.19. The average molecular weight is 224 g/mol. The molecule has 0 radical (unpaired) electrons. The van der Waals surface area contributed by atoms with Crippen LogP contribution < -0.4 is 5.32 Å². The minimum absolute atomic E-state index is 0.200. The van der Waals surface area contributed by atoms with Crippen LogP contribution in [0.4, 0.5) is 0 Å². The van der Waals surface area contributed by atoms with E-state index in [4.69, 9.17) is 0 Å². The molecule has 16 heavy (non-hydrogen) atoms. The SMILES string of the molecule is C=CCCC(NCCC(=O)N(C)C)C1CC1. The molecule has 0 aromatic carbocycles. The maximum atomic E-state index is 11.4. The van der Waals surface area contributed by atoms with Gasteiger partial charge in [0.05, 0.1) is 0 Å². The Labute approximate surface area is 98.9 Å². The summed E-state index contributed by atoms with van der Waals surface area (Å²) >= 11 is 0. The van der Waals surface area contributed by atoms with Gasteiger partial charge in [0.1, 0.15) is 0 Å². The topological polar surface area (TPSA) is 32.3 Å². The lowest BCUT2D eigenvalue weighted by atomic mass is 10.1. The Balaban J connectivity index is 2.16. The van der Waals surface area contributed by atoms with Gasteiger partial charge in [-0.25, -0.2) is 0 Å². The van der Waals surface area contributed by atoms with Crippen molar-refractivity contribution in [1.82, 2.24) is 10.2 Å². The number of nitrogens with zero attached hydrogens (tertiary/aromatic N) is 1. The van der Waals surface area contributed by atoms with E-state index in [2.05, 4.69) is 11.9 Å². The molecule has 0 aromatic rings. The molecule has 0 aromatic heterocycles. The van der Waals surface area contributed by atoms with Gasteiger partial charge in [-0.15, -0.1) is 6.58 Å². The van der Waals surface area contributed by atoms with E-state index < -0.39 is 0 Å². The number of hydrogen-bond acceptors (Lipinski definition) is 2. The molecule has 1 N–H and O–H groups in total. The van der Waals surface area contributed by atoms with E-state index in [-0.39, 0.29) is 5.91 Å². The Morgan fingerprint density at radius 1 is 1.56 bits per heavy atom. The molecule has 0 bridgehead atoms. The minimum atomic E-state index is 0.200. The number of hydrogen-bond donors (Lipinski definition) is 1. The highest BCUT2D eigenvalue weighted by Crippen LogP contribution is 2.34. The second-order valence-electron chi connectivity index (χ2n) is 4.80. The predicted octanol–water partition coefficient (Wildman–Crippen LogP) is 1.80. The van der Waals surface area contributed by atoms with E-state index >= 15 is 0 Å². The smallest absolute Gasteiger partial charge is 0.223 e. The number of carbonyl (C=O) groups is 1. The summed E-state index contributed by atoms with van der Waals surface area (Å²) in [5, 5.41) is 3.51. The van der Waals surface area contributed by atoms with Crippen LogP contribution in [0.2, 0.25) is 0 Å². The molecule has 1 saturated carbocycles. The predicted molar refractivity (Wildman–Crippen MR) is 67.3 cm³/mol. The Hall–Kier alpha value is -0.830. The van der Waals surface area contributed by atoms with Crippen molar-refractivity contribution in [3.05, 3.63) is 12.7 Å². The van der Waals surface area contributed by atoms with E-state index in [9.17, 15) is 4.79 Å². The van der Waals surface area contributed by atoms with E-state index in [1.54, 1.807) is 19.0 Å². The van der Waals surface area contributed by atoms with Crippen molar-refractivity contribution in [3.63, 3.8) is 0 Å². The normalized spacial score (nSPS) is 16.9. The van der Waals surface area contributed by atoms with Gasteiger partial charge in [-0.1, -0.05) is 6.08 Å². The third-order valence-corrected chi connectivity index (χ3v) is 3.12. The largest absolute Gasteiger partial charge is 0.349 e. The molecule has 1 aliphatic carbocycles. The highest BCUT2D eigenvalue weighted by atomic mass is 16.2. The first-order chi connectivity index (χ1) is 7.65. The molecule has 92 valence electrons. The number of allylic oxidation sites excluding steroid dienone is 1. The molecule has 0 aliphatic heterocycles. The fourth-order valence-electron chi connectivity index (χ4n) is 1.89. The zero-order valence-corrected chi connectivity index (χ0v) is 10.5. The third-order valence-electron chi connectivity index (χ3n) is 3.12. The maximum absolute atomic E-state index is 11.4. The Bertz CT molecular complexity index is 234. The summed E-state index contributed by atoms with van der Waals surface area (Å²) in [5.41, 5.74) is 0. The lowest BCUT2D eigenvalue weighted by molar-refractivity contribution is -0.128. The number of carbonyl (C=O) groups excluding carboxylic acids is 1. The van der Waals surface area contributed by atoms with Crippen molar-refractivity contribution in [1.29, 1.82) is 0 Å². The van der Waals surface area contributed by atoms with Crippen molar-refractivity contribution >= 4 is 5.91 Å². The van der Waals surface area contributed by atoms with E-state index in [1.807, 2.05) is 6.08 Å². The van der Waals surface area contributed by atoms with E-state index in [0.717, 1.165) is 25.3 Å². The Kier molecular flexibility index (Phi) is 5.53. The van der Waals surface area contributed by atoms with Gasteiger partial charge in [0.15, 0.2) is 0 Å². The molecule has 1 amide bonds. The summed E-state index contributed by atoms with van der Waals surface area (Å²) < 4.78 is 0. The highest BCUT2D eigenvalue weighted by Gasteiger charge is 2.30. The van der Waals surface area contributed by atoms with Crippen LogP contribution in [0, 0.1) is 5.92 Å². The maximum Gasteiger partial charge on any atom is 0.223 e. The first-order valence-electron chi connectivity index (χ1n) is 6.19. The van der Waals surface area contributed by atoms with Gasteiger partial charge in [-0.05, 0) is 31.6 Å². The first kappa shape index (κ1) is 13.2. The summed E-state index contributed by atoms with van der Waals surface area (Å²) in [6.07, 6.45) is 7.49. The van der Waals surface area contributed by atoms with Crippen LogP contribution in [0.3, 0.4) is 0 Å². The van der Waals surface area contributed by atoms with Gasteiger partial charge in [0.25, 0.3) is 0 Å². The van der Waals surface area contributed by atoms with Crippen LogP contribution in [-0.2, 0) is 4.79 Å². The molecule has 1 fully saturated rings. The van der Waals surface area contributed by atoms with Crippen molar-refractivity contribution < 1.29 is 4.79 Å². The molecular weight excluding hydrogens is 200 g/mol. The summed E-state index contributed by atoms with van der Waals surface area (Å²) in [4.78, 5) is 13.0. The third kappa shape index (κ3) is 4.79. The molecule has 3 nitrogen and oxygen atoms in total. The molecule has 1 atom stereocenters. The fourth-order valence-corrected chi connectivity index (χ4v) is 1.89. The van der Waals surface area contributed by atoms with Crippen molar-refractivity contribution in [2.24, 2.45) is 5.92 Å². The molecular formula is C13H24N2O.